The predicted octanol–water partition coefficient (Wildman–Crippen LogP) is 1.39. The Morgan fingerprint density at radius 1 is 0.963 bits per heavy atom. The summed E-state index contributed by atoms with van der Waals surface area (Å²) in [6.45, 7) is 0.0819. The van der Waals surface area contributed by atoms with E-state index in [2.05, 4.69) is 5.10 Å². The minimum Gasteiger partial charge on any atom is -0.319 e. The molecule has 136 valence electrons. The number of piperazine rings is 1. The fraction of sp³-hybridized carbons (Fsp3) is 0.200. The van der Waals surface area contributed by atoms with Crippen molar-refractivity contribution in [3.63, 3.8) is 0 Å². The minimum atomic E-state index is -0.414. The highest BCUT2D eigenvalue weighted by atomic mass is 16.2. The van der Waals surface area contributed by atoms with Gasteiger partial charge in [0.1, 0.15) is 13.1 Å². The van der Waals surface area contributed by atoms with Gasteiger partial charge in [0.15, 0.2) is 5.69 Å². The van der Waals surface area contributed by atoms with Gasteiger partial charge in [0.25, 0.3) is 5.91 Å². The number of benzene rings is 1. The summed E-state index contributed by atoms with van der Waals surface area (Å²) in [6, 6.07) is 16.8. The Morgan fingerprint density at radius 2 is 1.67 bits per heavy atom. The van der Waals surface area contributed by atoms with Crippen LogP contribution in [0.15, 0.2) is 60.8 Å². The van der Waals surface area contributed by atoms with E-state index < -0.39 is 5.91 Å². The van der Waals surface area contributed by atoms with Gasteiger partial charge in [-0.1, -0.05) is 36.4 Å². The molecule has 0 spiro atoms. The van der Waals surface area contributed by atoms with Crippen molar-refractivity contribution in [3.8, 4) is 0 Å². The first-order chi connectivity index (χ1) is 13.1. The highest BCUT2D eigenvalue weighted by molar-refractivity contribution is 6.05. The van der Waals surface area contributed by atoms with Gasteiger partial charge in [-0.15, -0.1) is 0 Å². The zero-order valence-electron chi connectivity index (χ0n) is 14.6. The first-order valence-electron chi connectivity index (χ1n) is 8.72. The SMILES string of the molecule is O=C(c1cc2ccccn2n1)N1CC(=O)N(CCc2ccccc2)C(=O)C1. The lowest BCUT2D eigenvalue weighted by atomic mass is 10.1. The average Bonchev–Trinajstić information content (AvgIpc) is 3.11. The molecule has 27 heavy (non-hydrogen) atoms. The molecular formula is C20H18N4O3. The summed E-state index contributed by atoms with van der Waals surface area (Å²) >= 11 is 0. The first kappa shape index (κ1) is 17.0. The molecule has 3 heterocycles. The van der Waals surface area contributed by atoms with Crippen molar-refractivity contribution in [1.29, 1.82) is 0 Å². The molecule has 1 aliphatic heterocycles. The Bertz CT molecular complexity index is 961. The molecule has 0 N–H and O–H groups in total. The Balaban J connectivity index is 1.44. The summed E-state index contributed by atoms with van der Waals surface area (Å²) in [5.41, 5.74) is 2.06. The van der Waals surface area contributed by atoms with E-state index in [0.717, 1.165) is 11.1 Å². The normalized spacial score (nSPS) is 14.8. The van der Waals surface area contributed by atoms with Gasteiger partial charge in [-0.2, -0.15) is 5.10 Å². The summed E-state index contributed by atoms with van der Waals surface area (Å²) in [7, 11) is 0. The molecule has 7 heteroatoms. The molecule has 0 bridgehead atoms. The molecule has 3 aromatic rings. The smallest absolute Gasteiger partial charge is 0.275 e. The lowest BCUT2D eigenvalue weighted by molar-refractivity contribution is -0.150. The Morgan fingerprint density at radius 3 is 2.37 bits per heavy atom. The molecule has 7 nitrogen and oxygen atoms in total. The first-order valence-corrected chi connectivity index (χ1v) is 8.72. The van der Waals surface area contributed by atoms with Gasteiger partial charge in [-0.25, -0.2) is 4.52 Å². The number of amides is 3. The zero-order chi connectivity index (χ0) is 18.8. The third-order valence-electron chi connectivity index (χ3n) is 4.60. The summed E-state index contributed by atoms with van der Waals surface area (Å²) in [6.07, 6.45) is 2.34. The average molecular weight is 362 g/mol. The zero-order valence-corrected chi connectivity index (χ0v) is 14.6. The van der Waals surface area contributed by atoms with Crippen molar-refractivity contribution < 1.29 is 14.4 Å². The van der Waals surface area contributed by atoms with Crippen molar-refractivity contribution in [2.45, 2.75) is 6.42 Å². The number of carbonyl (C=O) groups is 3. The van der Waals surface area contributed by atoms with Crippen LogP contribution in [0.1, 0.15) is 16.1 Å². The molecule has 0 atom stereocenters. The lowest BCUT2D eigenvalue weighted by Gasteiger charge is -2.32. The molecule has 0 aliphatic carbocycles. The third kappa shape index (κ3) is 3.44. The molecule has 1 aromatic carbocycles. The second-order valence-electron chi connectivity index (χ2n) is 6.44. The Kier molecular flexibility index (Phi) is 4.42. The van der Waals surface area contributed by atoms with Crippen LogP contribution in [0.3, 0.4) is 0 Å². The van der Waals surface area contributed by atoms with Gasteiger partial charge >= 0.3 is 0 Å². The van der Waals surface area contributed by atoms with Crippen LogP contribution >= 0.6 is 0 Å². The third-order valence-corrected chi connectivity index (χ3v) is 4.60. The molecule has 1 saturated heterocycles. The van der Waals surface area contributed by atoms with E-state index in [4.69, 9.17) is 0 Å². The van der Waals surface area contributed by atoms with E-state index in [0.29, 0.717) is 13.0 Å². The van der Waals surface area contributed by atoms with Gasteiger partial charge < -0.3 is 4.90 Å². The van der Waals surface area contributed by atoms with Gasteiger partial charge in [0, 0.05) is 12.7 Å². The molecule has 0 radical (unpaired) electrons. The van der Waals surface area contributed by atoms with Crippen LogP contribution < -0.4 is 0 Å². The molecule has 4 rings (SSSR count). The standard InChI is InChI=1S/C20H18N4O3/c25-18-13-22(20(27)17-12-16-8-4-5-10-24(16)21-17)14-19(26)23(18)11-9-15-6-2-1-3-7-15/h1-8,10,12H,9,11,13-14H2. The Labute approximate surface area is 155 Å². The van der Waals surface area contributed by atoms with Crippen LogP contribution in [-0.4, -0.2) is 56.8 Å². The van der Waals surface area contributed by atoms with Gasteiger partial charge in [-0.3, -0.25) is 19.3 Å². The predicted molar refractivity (Wildman–Crippen MR) is 98.0 cm³/mol. The maximum Gasteiger partial charge on any atom is 0.275 e. The van der Waals surface area contributed by atoms with Crippen molar-refractivity contribution in [3.05, 3.63) is 72.1 Å². The van der Waals surface area contributed by atoms with Crippen LogP contribution in [-0.2, 0) is 16.0 Å². The molecule has 3 amide bonds. The van der Waals surface area contributed by atoms with Crippen molar-refractivity contribution in [1.82, 2.24) is 19.4 Å². The fourth-order valence-electron chi connectivity index (χ4n) is 3.18. The number of nitrogens with zero attached hydrogens (tertiary/aromatic N) is 4. The molecule has 1 aliphatic rings. The minimum absolute atomic E-state index is 0.118. The van der Waals surface area contributed by atoms with E-state index >= 15 is 0 Å². The number of hydrogen-bond donors (Lipinski definition) is 0. The highest BCUT2D eigenvalue weighted by Crippen LogP contribution is 2.13. The quantitative estimate of drug-likeness (QED) is 0.658. The number of pyridine rings is 1. The van der Waals surface area contributed by atoms with Crippen LogP contribution in [0.25, 0.3) is 5.52 Å². The maximum atomic E-state index is 12.7. The number of hydrogen-bond acceptors (Lipinski definition) is 4. The van der Waals surface area contributed by atoms with Gasteiger partial charge in [0.2, 0.25) is 11.8 Å². The summed E-state index contributed by atoms with van der Waals surface area (Å²) in [5, 5.41) is 4.22. The van der Waals surface area contributed by atoms with E-state index in [9.17, 15) is 14.4 Å². The van der Waals surface area contributed by atoms with E-state index in [1.54, 1.807) is 16.8 Å². The second-order valence-corrected chi connectivity index (χ2v) is 6.44. The highest BCUT2D eigenvalue weighted by Gasteiger charge is 2.34. The summed E-state index contributed by atoms with van der Waals surface area (Å²) in [4.78, 5) is 40.0. The molecule has 0 unspecified atom stereocenters. The molecule has 2 aromatic heterocycles. The molecular weight excluding hydrogens is 344 g/mol. The number of aromatic nitrogens is 2. The largest absolute Gasteiger partial charge is 0.319 e. The maximum absolute atomic E-state index is 12.7. The fourth-order valence-corrected chi connectivity index (χ4v) is 3.18. The van der Waals surface area contributed by atoms with Crippen molar-refractivity contribution >= 4 is 23.2 Å². The van der Waals surface area contributed by atoms with Crippen molar-refractivity contribution in [2.24, 2.45) is 0 Å². The summed E-state index contributed by atoms with van der Waals surface area (Å²) in [5.74, 6) is -1.14. The number of imide groups is 1. The molecule has 0 saturated carbocycles. The monoisotopic (exact) mass is 362 g/mol. The van der Waals surface area contributed by atoms with Crippen LogP contribution in [0.2, 0.25) is 0 Å². The second kappa shape index (κ2) is 7.03. The lowest BCUT2D eigenvalue weighted by Crippen LogP contribution is -2.56. The van der Waals surface area contributed by atoms with Gasteiger partial charge in [0.05, 0.1) is 5.52 Å². The van der Waals surface area contributed by atoms with Crippen LogP contribution in [0, 0.1) is 0 Å². The number of rotatable bonds is 4. The van der Waals surface area contributed by atoms with Gasteiger partial charge in [-0.05, 0) is 30.2 Å². The van der Waals surface area contributed by atoms with E-state index in [-0.39, 0.29) is 30.6 Å². The number of fused-ring (bicyclic) bond motifs is 1. The molecule has 1 fully saturated rings. The van der Waals surface area contributed by atoms with Crippen molar-refractivity contribution in [2.75, 3.05) is 19.6 Å². The van der Waals surface area contributed by atoms with E-state index in [1.807, 2.05) is 48.5 Å². The van der Waals surface area contributed by atoms with E-state index in [1.165, 1.54) is 9.80 Å². The van der Waals surface area contributed by atoms with Crippen LogP contribution in [0.4, 0.5) is 0 Å². The topological polar surface area (TPSA) is 75.0 Å². The van der Waals surface area contributed by atoms with Crippen LogP contribution in [0.5, 0.6) is 0 Å². The summed E-state index contributed by atoms with van der Waals surface area (Å²) < 4.78 is 1.59. The number of carbonyl (C=O) groups excluding carboxylic acids is 3. The Hall–Kier alpha value is -3.48.